The Hall–Kier alpha value is -0.700. The zero-order chi connectivity index (χ0) is 6.69. The molecule has 48 valence electrons. The van der Waals surface area contributed by atoms with Crippen LogP contribution in [0.1, 0.15) is 20.3 Å². The Morgan fingerprint density at radius 2 is 2.22 bits per heavy atom. The minimum atomic E-state index is 0.709. The van der Waals surface area contributed by atoms with Crippen LogP contribution in [0.15, 0.2) is 12.2 Å². The molecule has 1 saturated carbocycles. The fraction of sp³-hybridized carbons (Fsp3) is 0.556. The molecule has 0 heteroatoms. The first-order valence-corrected chi connectivity index (χ1v) is 3.47. The maximum Gasteiger partial charge on any atom is 0.0235 e. The fourth-order valence-corrected chi connectivity index (χ4v) is 0.762. The number of hydrogen-bond acceptors (Lipinski definition) is 0. The molecule has 0 aliphatic heterocycles. The quantitative estimate of drug-likeness (QED) is 0.430. The molecule has 2 atom stereocenters. The summed E-state index contributed by atoms with van der Waals surface area (Å²) >= 11 is 0. The van der Waals surface area contributed by atoms with E-state index in [2.05, 4.69) is 18.8 Å². The highest BCUT2D eigenvalue weighted by Crippen LogP contribution is 2.36. The van der Waals surface area contributed by atoms with Gasteiger partial charge in [0, 0.05) is 5.92 Å². The van der Waals surface area contributed by atoms with Crippen LogP contribution in [-0.2, 0) is 0 Å². The Labute approximate surface area is 57.0 Å². The molecule has 1 fully saturated rings. The summed E-state index contributed by atoms with van der Waals surface area (Å²) in [7, 11) is 0. The molecule has 0 unspecified atom stereocenters. The van der Waals surface area contributed by atoms with Crippen molar-refractivity contribution in [1.82, 2.24) is 0 Å². The standard InChI is InChI=1S/C9H12/c1-3-4-5-6-9-7-8(9)2/h3-4,8-9H,7H2,1-2H3/b4-3+/t8-,9-/m0/s1. The van der Waals surface area contributed by atoms with E-state index in [0.717, 1.165) is 5.92 Å². The average molecular weight is 120 g/mol. The summed E-state index contributed by atoms with van der Waals surface area (Å²) in [4.78, 5) is 0. The highest BCUT2D eigenvalue weighted by Gasteiger charge is 2.30. The van der Waals surface area contributed by atoms with Crippen molar-refractivity contribution in [2.75, 3.05) is 0 Å². The first-order chi connectivity index (χ1) is 4.34. The molecule has 1 aliphatic rings. The highest BCUT2D eigenvalue weighted by molar-refractivity contribution is 5.20. The van der Waals surface area contributed by atoms with Crippen LogP contribution in [0.25, 0.3) is 0 Å². The van der Waals surface area contributed by atoms with E-state index in [4.69, 9.17) is 0 Å². The maximum absolute atomic E-state index is 3.17. The molecule has 0 radical (unpaired) electrons. The lowest BCUT2D eigenvalue weighted by Gasteiger charge is -1.72. The van der Waals surface area contributed by atoms with Gasteiger partial charge < -0.3 is 0 Å². The van der Waals surface area contributed by atoms with Gasteiger partial charge in [-0.2, -0.15) is 0 Å². The zero-order valence-electron chi connectivity index (χ0n) is 6.02. The van der Waals surface area contributed by atoms with Crippen LogP contribution < -0.4 is 0 Å². The molecule has 9 heavy (non-hydrogen) atoms. The van der Waals surface area contributed by atoms with Crippen molar-refractivity contribution in [3.05, 3.63) is 12.2 Å². The van der Waals surface area contributed by atoms with Crippen molar-refractivity contribution in [3.8, 4) is 11.8 Å². The van der Waals surface area contributed by atoms with Gasteiger partial charge in [-0.25, -0.2) is 0 Å². The Morgan fingerprint density at radius 3 is 2.67 bits per heavy atom. The molecule has 1 rings (SSSR count). The molecule has 0 nitrogen and oxygen atoms in total. The average Bonchev–Trinajstić information content (AvgIpc) is 2.48. The molecule has 0 aromatic heterocycles. The van der Waals surface area contributed by atoms with E-state index in [1.165, 1.54) is 6.42 Å². The van der Waals surface area contributed by atoms with Gasteiger partial charge in [0.1, 0.15) is 0 Å². The lowest BCUT2D eigenvalue weighted by Crippen LogP contribution is -1.66. The molecule has 0 bridgehead atoms. The minimum Gasteiger partial charge on any atom is -0.0948 e. The van der Waals surface area contributed by atoms with Crippen LogP contribution in [0.5, 0.6) is 0 Å². The molecule has 0 aromatic carbocycles. The third kappa shape index (κ3) is 1.93. The summed E-state index contributed by atoms with van der Waals surface area (Å²) in [5.74, 6) is 7.74. The third-order valence-electron chi connectivity index (χ3n) is 1.63. The number of rotatable bonds is 0. The van der Waals surface area contributed by atoms with Crippen LogP contribution >= 0.6 is 0 Å². The summed E-state index contributed by atoms with van der Waals surface area (Å²) in [6.07, 6.45) is 5.19. The summed E-state index contributed by atoms with van der Waals surface area (Å²) < 4.78 is 0. The van der Waals surface area contributed by atoms with Crippen molar-refractivity contribution < 1.29 is 0 Å². The van der Waals surface area contributed by atoms with Gasteiger partial charge in [0.05, 0.1) is 0 Å². The number of allylic oxidation sites excluding steroid dienone is 2. The van der Waals surface area contributed by atoms with E-state index in [-0.39, 0.29) is 0 Å². The fourth-order valence-electron chi connectivity index (χ4n) is 0.762. The van der Waals surface area contributed by atoms with Crippen LogP contribution in [0.4, 0.5) is 0 Å². The van der Waals surface area contributed by atoms with Crippen molar-refractivity contribution in [3.63, 3.8) is 0 Å². The summed E-state index contributed by atoms with van der Waals surface area (Å²) in [5.41, 5.74) is 0. The highest BCUT2D eigenvalue weighted by atomic mass is 14.3. The molecule has 0 saturated heterocycles. The van der Waals surface area contributed by atoms with E-state index < -0.39 is 0 Å². The Morgan fingerprint density at radius 1 is 1.56 bits per heavy atom. The van der Waals surface area contributed by atoms with E-state index >= 15 is 0 Å². The lowest BCUT2D eigenvalue weighted by atomic mass is 10.3. The largest absolute Gasteiger partial charge is 0.0948 e. The van der Waals surface area contributed by atoms with E-state index in [1.54, 1.807) is 0 Å². The van der Waals surface area contributed by atoms with Gasteiger partial charge in [0.25, 0.3) is 0 Å². The Balaban J connectivity index is 2.27. The molecule has 0 N–H and O–H groups in total. The van der Waals surface area contributed by atoms with Gasteiger partial charge in [-0.05, 0) is 25.3 Å². The van der Waals surface area contributed by atoms with Crippen LogP contribution in [0.2, 0.25) is 0 Å². The SMILES string of the molecule is C/C=C/C#C[C@H]1C[C@@H]1C. The molecular weight excluding hydrogens is 108 g/mol. The topological polar surface area (TPSA) is 0 Å². The van der Waals surface area contributed by atoms with Crippen LogP contribution in [0, 0.1) is 23.7 Å². The molecule has 0 amide bonds. The summed E-state index contributed by atoms with van der Waals surface area (Å²) in [6, 6.07) is 0. The van der Waals surface area contributed by atoms with Gasteiger partial charge in [0.15, 0.2) is 0 Å². The second kappa shape index (κ2) is 2.73. The third-order valence-corrected chi connectivity index (χ3v) is 1.63. The predicted octanol–water partition coefficient (Wildman–Crippen LogP) is 2.22. The van der Waals surface area contributed by atoms with Gasteiger partial charge in [-0.1, -0.05) is 24.8 Å². The minimum absolute atomic E-state index is 0.709. The van der Waals surface area contributed by atoms with Crippen molar-refractivity contribution >= 4 is 0 Å². The normalized spacial score (nSPS) is 31.8. The second-order valence-electron chi connectivity index (χ2n) is 2.61. The van der Waals surface area contributed by atoms with Gasteiger partial charge in [0.2, 0.25) is 0 Å². The van der Waals surface area contributed by atoms with E-state index in [0.29, 0.717) is 5.92 Å². The van der Waals surface area contributed by atoms with Gasteiger partial charge in [-0.15, -0.1) is 0 Å². The van der Waals surface area contributed by atoms with E-state index in [1.807, 2.05) is 19.1 Å². The first kappa shape index (κ1) is 6.42. The maximum atomic E-state index is 3.17. The van der Waals surface area contributed by atoms with Crippen LogP contribution in [0.3, 0.4) is 0 Å². The Kier molecular flexibility index (Phi) is 1.95. The summed E-state index contributed by atoms with van der Waals surface area (Å²) in [5, 5.41) is 0. The zero-order valence-corrected chi connectivity index (χ0v) is 6.02. The van der Waals surface area contributed by atoms with Gasteiger partial charge >= 0.3 is 0 Å². The summed E-state index contributed by atoms with van der Waals surface area (Å²) in [6.45, 7) is 4.24. The van der Waals surface area contributed by atoms with Crippen molar-refractivity contribution in [1.29, 1.82) is 0 Å². The predicted molar refractivity (Wildman–Crippen MR) is 39.9 cm³/mol. The molecule has 0 spiro atoms. The Bertz CT molecular complexity index is 166. The molecule has 0 aromatic rings. The molecule has 1 aliphatic carbocycles. The number of hydrogen-bond donors (Lipinski definition) is 0. The van der Waals surface area contributed by atoms with Crippen molar-refractivity contribution in [2.24, 2.45) is 11.8 Å². The lowest BCUT2D eigenvalue weighted by molar-refractivity contribution is 0.917. The first-order valence-electron chi connectivity index (χ1n) is 3.47. The van der Waals surface area contributed by atoms with Gasteiger partial charge in [-0.3, -0.25) is 0 Å². The molecule has 0 heterocycles. The van der Waals surface area contributed by atoms with Crippen LogP contribution in [-0.4, -0.2) is 0 Å². The smallest absolute Gasteiger partial charge is 0.0235 e. The monoisotopic (exact) mass is 120 g/mol. The molecular formula is C9H12. The second-order valence-corrected chi connectivity index (χ2v) is 2.61. The van der Waals surface area contributed by atoms with Crippen molar-refractivity contribution in [2.45, 2.75) is 20.3 Å². The van der Waals surface area contributed by atoms with E-state index in [9.17, 15) is 0 Å².